The fourth-order valence-electron chi connectivity index (χ4n) is 4.10. The van der Waals surface area contributed by atoms with Gasteiger partial charge in [0.05, 0.1) is 23.5 Å². The summed E-state index contributed by atoms with van der Waals surface area (Å²) in [6, 6.07) is 15.1. The van der Waals surface area contributed by atoms with E-state index in [0.29, 0.717) is 6.54 Å². The van der Waals surface area contributed by atoms with Crippen LogP contribution in [-0.4, -0.2) is 38.5 Å². The number of benzene rings is 2. The van der Waals surface area contributed by atoms with Gasteiger partial charge in [0.25, 0.3) is 0 Å². The Morgan fingerprint density at radius 3 is 2.30 bits per heavy atom. The van der Waals surface area contributed by atoms with E-state index in [1.54, 1.807) is 18.3 Å². The SMILES string of the molecule is CCNC(=O)[C@H]1CC[C@@H](n2nncc2-c2ccc(-c3ccc(C(=O)O)cc3)cc2)C1. The molecule has 154 valence electrons. The van der Waals surface area contributed by atoms with Crippen molar-refractivity contribution in [1.82, 2.24) is 20.3 Å². The molecule has 0 saturated heterocycles. The number of aromatic nitrogens is 3. The van der Waals surface area contributed by atoms with E-state index >= 15 is 0 Å². The van der Waals surface area contributed by atoms with Gasteiger partial charge in [0, 0.05) is 18.0 Å². The number of amides is 1. The molecule has 7 heteroatoms. The molecule has 3 aromatic rings. The molecule has 1 aliphatic carbocycles. The highest BCUT2D eigenvalue weighted by Crippen LogP contribution is 2.37. The van der Waals surface area contributed by atoms with Gasteiger partial charge in [-0.2, -0.15) is 0 Å². The Labute approximate surface area is 174 Å². The van der Waals surface area contributed by atoms with Crippen molar-refractivity contribution in [2.24, 2.45) is 5.92 Å². The lowest BCUT2D eigenvalue weighted by Gasteiger charge is -2.14. The molecule has 1 amide bonds. The zero-order valence-electron chi connectivity index (χ0n) is 16.8. The lowest BCUT2D eigenvalue weighted by molar-refractivity contribution is -0.124. The first kappa shape index (κ1) is 19.8. The van der Waals surface area contributed by atoms with E-state index < -0.39 is 5.97 Å². The topological polar surface area (TPSA) is 97.1 Å². The Bertz CT molecular complexity index is 1040. The van der Waals surface area contributed by atoms with Crippen molar-refractivity contribution in [1.29, 1.82) is 0 Å². The first-order valence-corrected chi connectivity index (χ1v) is 10.2. The van der Waals surface area contributed by atoms with Gasteiger partial charge in [-0.3, -0.25) is 4.79 Å². The molecule has 1 aliphatic rings. The third-order valence-electron chi connectivity index (χ3n) is 5.69. The van der Waals surface area contributed by atoms with Gasteiger partial charge in [-0.25, -0.2) is 9.48 Å². The van der Waals surface area contributed by atoms with Crippen LogP contribution in [0.25, 0.3) is 22.4 Å². The van der Waals surface area contributed by atoms with Gasteiger partial charge >= 0.3 is 5.97 Å². The van der Waals surface area contributed by atoms with Crippen molar-refractivity contribution in [3.63, 3.8) is 0 Å². The van der Waals surface area contributed by atoms with Crippen LogP contribution in [0, 0.1) is 5.92 Å². The molecule has 0 bridgehead atoms. The number of nitrogens with one attached hydrogen (secondary N) is 1. The highest BCUT2D eigenvalue weighted by atomic mass is 16.4. The molecule has 4 rings (SSSR count). The molecule has 0 spiro atoms. The molecule has 1 aromatic heterocycles. The van der Waals surface area contributed by atoms with Crippen molar-refractivity contribution in [2.75, 3.05) is 6.54 Å². The Morgan fingerprint density at radius 2 is 1.67 bits per heavy atom. The van der Waals surface area contributed by atoms with Crippen molar-refractivity contribution in [3.05, 3.63) is 60.3 Å². The monoisotopic (exact) mass is 404 g/mol. The molecule has 7 nitrogen and oxygen atoms in total. The summed E-state index contributed by atoms with van der Waals surface area (Å²) in [7, 11) is 0. The first-order chi connectivity index (χ1) is 14.6. The second kappa shape index (κ2) is 8.49. The number of carboxylic acids is 1. The normalized spacial score (nSPS) is 18.3. The van der Waals surface area contributed by atoms with Gasteiger partial charge in [-0.15, -0.1) is 5.10 Å². The predicted molar refractivity (Wildman–Crippen MR) is 113 cm³/mol. The van der Waals surface area contributed by atoms with E-state index in [1.165, 1.54) is 0 Å². The van der Waals surface area contributed by atoms with E-state index in [-0.39, 0.29) is 23.4 Å². The van der Waals surface area contributed by atoms with E-state index in [9.17, 15) is 9.59 Å². The second-order valence-corrected chi connectivity index (χ2v) is 7.58. The van der Waals surface area contributed by atoms with Crippen molar-refractivity contribution in [3.8, 4) is 22.4 Å². The molecule has 1 saturated carbocycles. The van der Waals surface area contributed by atoms with Gasteiger partial charge in [0.15, 0.2) is 0 Å². The van der Waals surface area contributed by atoms with E-state index in [2.05, 4.69) is 15.6 Å². The average molecular weight is 404 g/mol. The van der Waals surface area contributed by atoms with Crippen LogP contribution in [0.5, 0.6) is 0 Å². The summed E-state index contributed by atoms with van der Waals surface area (Å²) < 4.78 is 1.94. The van der Waals surface area contributed by atoms with E-state index in [0.717, 1.165) is 41.6 Å². The summed E-state index contributed by atoms with van der Waals surface area (Å²) in [6.45, 7) is 2.59. The summed E-state index contributed by atoms with van der Waals surface area (Å²) in [5.74, 6) is -0.776. The summed E-state index contributed by atoms with van der Waals surface area (Å²) >= 11 is 0. The molecule has 2 N–H and O–H groups in total. The van der Waals surface area contributed by atoms with Crippen LogP contribution < -0.4 is 5.32 Å². The summed E-state index contributed by atoms with van der Waals surface area (Å²) in [5, 5.41) is 20.4. The molecule has 2 aromatic carbocycles. The minimum atomic E-state index is -0.931. The third-order valence-corrected chi connectivity index (χ3v) is 5.69. The Morgan fingerprint density at radius 1 is 1.03 bits per heavy atom. The molecule has 0 unspecified atom stereocenters. The molecule has 1 fully saturated rings. The molecule has 2 atom stereocenters. The molecule has 0 aliphatic heterocycles. The Kier molecular flexibility index (Phi) is 5.61. The highest BCUT2D eigenvalue weighted by molar-refractivity contribution is 5.88. The maximum Gasteiger partial charge on any atom is 0.335 e. The fraction of sp³-hybridized carbons (Fsp3) is 0.304. The van der Waals surface area contributed by atoms with E-state index in [1.807, 2.05) is 48.0 Å². The smallest absolute Gasteiger partial charge is 0.335 e. The lowest BCUT2D eigenvalue weighted by Crippen LogP contribution is -2.29. The molecule has 30 heavy (non-hydrogen) atoms. The molecule has 0 radical (unpaired) electrons. The number of rotatable bonds is 6. The molecule has 1 heterocycles. The Hall–Kier alpha value is -3.48. The number of carbonyl (C=O) groups is 2. The van der Waals surface area contributed by atoms with Gasteiger partial charge in [-0.05, 0) is 49.4 Å². The fourth-order valence-corrected chi connectivity index (χ4v) is 4.10. The number of carbonyl (C=O) groups excluding carboxylic acids is 1. The number of nitrogens with zero attached hydrogens (tertiary/aromatic N) is 3. The Balaban J connectivity index is 1.52. The number of carboxylic acid groups (broad SMARTS) is 1. The first-order valence-electron chi connectivity index (χ1n) is 10.2. The van der Waals surface area contributed by atoms with Crippen LogP contribution in [0.3, 0.4) is 0 Å². The van der Waals surface area contributed by atoms with Crippen molar-refractivity contribution >= 4 is 11.9 Å². The summed E-state index contributed by atoms with van der Waals surface area (Å²) in [4.78, 5) is 23.2. The second-order valence-electron chi connectivity index (χ2n) is 7.58. The van der Waals surface area contributed by atoms with Gasteiger partial charge in [0.2, 0.25) is 5.91 Å². The van der Waals surface area contributed by atoms with Crippen LogP contribution >= 0.6 is 0 Å². The largest absolute Gasteiger partial charge is 0.478 e. The minimum Gasteiger partial charge on any atom is -0.478 e. The zero-order chi connectivity index (χ0) is 21.1. The highest BCUT2D eigenvalue weighted by Gasteiger charge is 2.32. The summed E-state index contributed by atoms with van der Waals surface area (Å²) in [5.41, 5.74) is 4.18. The molecular weight excluding hydrogens is 380 g/mol. The van der Waals surface area contributed by atoms with Crippen LogP contribution in [0.2, 0.25) is 0 Å². The number of hydrogen-bond donors (Lipinski definition) is 2. The van der Waals surface area contributed by atoms with E-state index in [4.69, 9.17) is 5.11 Å². The van der Waals surface area contributed by atoms with Crippen LogP contribution in [0.4, 0.5) is 0 Å². The van der Waals surface area contributed by atoms with Crippen molar-refractivity contribution < 1.29 is 14.7 Å². The number of aromatic carboxylic acids is 1. The van der Waals surface area contributed by atoms with Gasteiger partial charge < -0.3 is 10.4 Å². The number of hydrogen-bond acceptors (Lipinski definition) is 4. The quantitative estimate of drug-likeness (QED) is 0.652. The lowest BCUT2D eigenvalue weighted by atomic mass is 10.0. The maximum atomic E-state index is 12.2. The zero-order valence-corrected chi connectivity index (χ0v) is 16.8. The van der Waals surface area contributed by atoms with Gasteiger partial charge in [0.1, 0.15) is 0 Å². The predicted octanol–water partition coefficient (Wildman–Crippen LogP) is 3.79. The average Bonchev–Trinajstić information content (AvgIpc) is 3.44. The minimum absolute atomic E-state index is 0.0307. The van der Waals surface area contributed by atoms with Crippen LogP contribution in [0.1, 0.15) is 42.6 Å². The summed E-state index contributed by atoms with van der Waals surface area (Å²) in [6.07, 6.45) is 4.31. The van der Waals surface area contributed by atoms with Crippen LogP contribution in [-0.2, 0) is 4.79 Å². The standard InChI is InChI=1S/C23H24N4O3/c1-2-24-22(28)19-11-12-20(13-19)27-21(14-25-26-27)17-7-3-15(4-8-17)16-5-9-18(10-6-16)23(29)30/h3-10,14,19-20H,2,11-13H2,1H3,(H,24,28)(H,29,30)/t19-,20+/m0/s1. The third kappa shape index (κ3) is 3.96. The van der Waals surface area contributed by atoms with Gasteiger partial charge in [-0.1, -0.05) is 41.6 Å². The van der Waals surface area contributed by atoms with Crippen LogP contribution in [0.15, 0.2) is 54.7 Å². The van der Waals surface area contributed by atoms with Crippen molar-refractivity contribution in [2.45, 2.75) is 32.2 Å². The molecular formula is C23H24N4O3. The maximum absolute atomic E-state index is 12.2.